The highest BCUT2D eigenvalue weighted by Crippen LogP contribution is 1.99. The Morgan fingerprint density at radius 2 is 2.12 bits per heavy atom. The van der Waals surface area contributed by atoms with Crippen LogP contribution in [0.2, 0.25) is 0 Å². The van der Waals surface area contributed by atoms with Crippen LogP contribution in [-0.2, 0) is 19.3 Å². The molecule has 1 aliphatic heterocycles. The van der Waals surface area contributed by atoms with Gasteiger partial charge in [0.05, 0.1) is 31.7 Å². The van der Waals surface area contributed by atoms with E-state index in [9.17, 15) is 8.42 Å². The van der Waals surface area contributed by atoms with Crippen LogP contribution in [0.1, 0.15) is 13.3 Å². The normalized spacial score (nSPS) is 22.2. The first-order valence-corrected chi connectivity index (χ1v) is 7.56. The van der Waals surface area contributed by atoms with Crippen LogP contribution < -0.4 is 5.32 Å². The molecule has 0 aromatic heterocycles. The molecule has 6 heteroatoms. The highest BCUT2D eigenvalue weighted by atomic mass is 32.2. The zero-order valence-electron chi connectivity index (χ0n) is 9.78. The summed E-state index contributed by atoms with van der Waals surface area (Å²) in [6.45, 7) is 4.89. The van der Waals surface area contributed by atoms with E-state index in [0.29, 0.717) is 39.3 Å². The predicted molar refractivity (Wildman–Crippen MR) is 62.4 cm³/mol. The lowest BCUT2D eigenvalue weighted by molar-refractivity contribution is -0.0861. The van der Waals surface area contributed by atoms with Crippen molar-refractivity contribution in [1.82, 2.24) is 5.32 Å². The Balaban J connectivity index is 2.06. The number of nitrogens with one attached hydrogen (secondary N) is 1. The van der Waals surface area contributed by atoms with Crippen LogP contribution in [0.3, 0.4) is 0 Å². The lowest BCUT2D eigenvalue weighted by atomic mass is 10.3. The summed E-state index contributed by atoms with van der Waals surface area (Å²) in [4.78, 5) is 0. The summed E-state index contributed by atoms with van der Waals surface area (Å²) in [7, 11) is -2.87. The first-order chi connectivity index (χ1) is 7.64. The fourth-order valence-corrected chi connectivity index (χ4v) is 2.84. The third-order valence-electron chi connectivity index (χ3n) is 2.36. The van der Waals surface area contributed by atoms with E-state index in [4.69, 9.17) is 9.47 Å². The second-order valence-electron chi connectivity index (χ2n) is 3.92. The van der Waals surface area contributed by atoms with E-state index in [2.05, 4.69) is 5.32 Å². The number of hydrogen-bond acceptors (Lipinski definition) is 5. The van der Waals surface area contributed by atoms with Crippen LogP contribution >= 0.6 is 0 Å². The van der Waals surface area contributed by atoms with Gasteiger partial charge in [-0.3, -0.25) is 0 Å². The van der Waals surface area contributed by atoms with Gasteiger partial charge in [-0.2, -0.15) is 0 Å². The van der Waals surface area contributed by atoms with Gasteiger partial charge in [0.15, 0.2) is 9.84 Å². The first-order valence-electron chi connectivity index (χ1n) is 5.74. The number of sulfone groups is 1. The zero-order valence-corrected chi connectivity index (χ0v) is 10.6. The number of rotatable bonds is 7. The van der Waals surface area contributed by atoms with E-state index in [1.54, 1.807) is 0 Å². The molecule has 1 saturated heterocycles. The average molecular weight is 251 g/mol. The molecule has 0 aromatic rings. The molecule has 0 saturated carbocycles. The Labute approximate surface area is 97.4 Å². The molecule has 1 fully saturated rings. The minimum atomic E-state index is -2.87. The van der Waals surface area contributed by atoms with Crippen molar-refractivity contribution in [3.8, 4) is 0 Å². The van der Waals surface area contributed by atoms with E-state index in [1.807, 2.05) is 6.92 Å². The van der Waals surface area contributed by atoms with Crippen molar-refractivity contribution in [3.63, 3.8) is 0 Å². The number of hydrogen-bond donors (Lipinski definition) is 1. The number of ether oxygens (including phenoxy) is 2. The van der Waals surface area contributed by atoms with Crippen molar-refractivity contribution in [1.29, 1.82) is 0 Å². The fraction of sp³-hybridized carbons (Fsp3) is 1.00. The molecule has 5 nitrogen and oxygen atoms in total. The Bertz CT molecular complexity index is 273. The Morgan fingerprint density at radius 1 is 1.31 bits per heavy atom. The van der Waals surface area contributed by atoms with Crippen molar-refractivity contribution in [2.24, 2.45) is 0 Å². The monoisotopic (exact) mass is 251 g/mol. The highest BCUT2D eigenvalue weighted by molar-refractivity contribution is 7.91. The fourth-order valence-electron chi connectivity index (χ4n) is 1.56. The molecule has 1 rings (SSSR count). The summed E-state index contributed by atoms with van der Waals surface area (Å²) in [6, 6.07) is 0. The largest absolute Gasteiger partial charge is 0.376 e. The van der Waals surface area contributed by atoms with Gasteiger partial charge in [0, 0.05) is 18.8 Å². The van der Waals surface area contributed by atoms with Crippen LogP contribution in [0.4, 0.5) is 0 Å². The third kappa shape index (κ3) is 5.79. The van der Waals surface area contributed by atoms with Gasteiger partial charge in [-0.05, 0) is 6.42 Å². The van der Waals surface area contributed by atoms with E-state index >= 15 is 0 Å². The maximum absolute atomic E-state index is 11.4. The minimum absolute atomic E-state index is 0.0580. The van der Waals surface area contributed by atoms with Crippen molar-refractivity contribution in [2.75, 3.05) is 44.4 Å². The van der Waals surface area contributed by atoms with Gasteiger partial charge in [0.1, 0.15) is 0 Å². The van der Waals surface area contributed by atoms with E-state index in [0.717, 1.165) is 0 Å². The van der Waals surface area contributed by atoms with Crippen LogP contribution in [0.5, 0.6) is 0 Å². The first kappa shape index (κ1) is 13.9. The van der Waals surface area contributed by atoms with Crippen LogP contribution in [-0.4, -0.2) is 58.9 Å². The quantitative estimate of drug-likeness (QED) is 0.636. The summed E-state index contributed by atoms with van der Waals surface area (Å²) in [5.41, 5.74) is 0. The lowest BCUT2D eigenvalue weighted by Gasteiger charge is -2.23. The van der Waals surface area contributed by atoms with Gasteiger partial charge >= 0.3 is 0 Å². The van der Waals surface area contributed by atoms with Crippen molar-refractivity contribution >= 4 is 9.84 Å². The van der Waals surface area contributed by atoms with Crippen LogP contribution in [0.15, 0.2) is 0 Å². The zero-order chi connectivity index (χ0) is 11.9. The summed E-state index contributed by atoms with van der Waals surface area (Å²) in [5.74, 6) is 0.478. The van der Waals surface area contributed by atoms with Gasteiger partial charge in [-0.25, -0.2) is 8.42 Å². The predicted octanol–water partition coefficient (Wildman–Crippen LogP) is -0.184. The molecule has 1 N–H and O–H groups in total. The molecular weight excluding hydrogens is 230 g/mol. The molecule has 1 aliphatic rings. The molecule has 1 heterocycles. The maximum atomic E-state index is 11.4. The summed E-state index contributed by atoms with van der Waals surface area (Å²) in [5, 5.41) is 3.09. The lowest BCUT2D eigenvalue weighted by Crippen LogP contribution is -2.38. The van der Waals surface area contributed by atoms with Crippen molar-refractivity contribution in [3.05, 3.63) is 0 Å². The molecule has 0 radical (unpaired) electrons. The Kier molecular flexibility index (Phi) is 6.26. The molecule has 0 spiro atoms. The summed E-state index contributed by atoms with van der Waals surface area (Å²) in [6.07, 6.45) is 0.740. The molecule has 0 aliphatic carbocycles. The van der Waals surface area contributed by atoms with Gasteiger partial charge in [0.2, 0.25) is 0 Å². The second-order valence-corrected chi connectivity index (χ2v) is 6.23. The molecule has 0 amide bonds. The molecule has 0 aromatic carbocycles. The van der Waals surface area contributed by atoms with Crippen molar-refractivity contribution in [2.45, 2.75) is 19.4 Å². The smallest absolute Gasteiger partial charge is 0.151 e. The van der Waals surface area contributed by atoms with Gasteiger partial charge in [-0.1, -0.05) is 6.92 Å². The SMILES string of the molecule is CCCS(=O)(=O)CCNCC1COCCO1. The third-order valence-corrected chi connectivity index (χ3v) is 4.22. The molecule has 1 atom stereocenters. The average Bonchev–Trinajstić information content (AvgIpc) is 2.26. The van der Waals surface area contributed by atoms with E-state index < -0.39 is 9.84 Å². The van der Waals surface area contributed by atoms with E-state index in [-0.39, 0.29) is 17.6 Å². The van der Waals surface area contributed by atoms with Gasteiger partial charge < -0.3 is 14.8 Å². The summed E-state index contributed by atoms with van der Waals surface area (Å²) >= 11 is 0. The molecular formula is C10H21NO4S. The van der Waals surface area contributed by atoms with Crippen LogP contribution in [0, 0.1) is 0 Å². The molecule has 0 bridgehead atoms. The van der Waals surface area contributed by atoms with Gasteiger partial charge in [0.25, 0.3) is 0 Å². The molecule has 1 unspecified atom stereocenters. The Morgan fingerprint density at radius 3 is 2.75 bits per heavy atom. The van der Waals surface area contributed by atoms with Gasteiger partial charge in [-0.15, -0.1) is 0 Å². The highest BCUT2D eigenvalue weighted by Gasteiger charge is 2.14. The summed E-state index contributed by atoms with van der Waals surface area (Å²) < 4.78 is 33.4. The standard InChI is InChI=1S/C10H21NO4S/c1-2-6-16(12,13)7-3-11-8-10-9-14-4-5-15-10/h10-11H,2-9H2,1H3. The van der Waals surface area contributed by atoms with Crippen LogP contribution in [0.25, 0.3) is 0 Å². The topological polar surface area (TPSA) is 64.6 Å². The molecule has 96 valence electrons. The van der Waals surface area contributed by atoms with E-state index in [1.165, 1.54) is 0 Å². The molecule has 16 heavy (non-hydrogen) atoms. The minimum Gasteiger partial charge on any atom is -0.376 e. The van der Waals surface area contributed by atoms with Crippen molar-refractivity contribution < 1.29 is 17.9 Å². The second kappa shape index (κ2) is 7.21. The Hall–Kier alpha value is -0.170. The maximum Gasteiger partial charge on any atom is 0.151 e.